The maximum absolute atomic E-state index is 4.34. The summed E-state index contributed by atoms with van der Waals surface area (Å²) in [5, 5.41) is 13.8. The minimum absolute atomic E-state index is 0.744. The molecule has 0 unspecified atom stereocenters. The van der Waals surface area contributed by atoms with Crippen molar-refractivity contribution in [1.29, 1.82) is 0 Å². The van der Waals surface area contributed by atoms with Gasteiger partial charge in [0.2, 0.25) is 0 Å². The minimum atomic E-state index is 0.744. The second kappa shape index (κ2) is 4.16. The molecule has 2 aliphatic heterocycles. The average Bonchev–Trinajstić information content (AvgIpc) is 3.12. The van der Waals surface area contributed by atoms with Gasteiger partial charge in [0.25, 0.3) is 0 Å². The van der Waals surface area contributed by atoms with Crippen molar-refractivity contribution < 1.29 is 0 Å². The highest BCUT2D eigenvalue weighted by molar-refractivity contribution is 5.76. The van der Waals surface area contributed by atoms with E-state index in [1.54, 1.807) is 6.34 Å². The van der Waals surface area contributed by atoms with E-state index in [1.807, 2.05) is 18.2 Å². The first kappa shape index (κ1) is 11.2. The molecular weight excluding hydrogens is 250 g/mol. The first-order chi connectivity index (χ1) is 9.84. The summed E-state index contributed by atoms with van der Waals surface area (Å²) in [6.45, 7) is 2.06. The maximum atomic E-state index is 4.34. The van der Waals surface area contributed by atoms with Crippen molar-refractivity contribution >= 4 is 17.7 Å². The van der Waals surface area contributed by atoms with Crippen molar-refractivity contribution in [2.45, 2.75) is 13.3 Å². The molecule has 0 spiro atoms. The van der Waals surface area contributed by atoms with Crippen LogP contribution >= 0.6 is 0 Å². The van der Waals surface area contributed by atoms with E-state index in [2.05, 4.69) is 44.5 Å². The summed E-state index contributed by atoms with van der Waals surface area (Å²) in [4.78, 5) is 8.62. The Morgan fingerprint density at radius 3 is 2.70 bits per heavy atom. The SMILES string of the molecule is Cc1c(Cc2ccccc2)c2c(c3c1=NC=N3)N=NN=2. The predicted molar refractivity (Wildman–Crippen MR) is 75.4 cm³/mol. The molecule has 4 rings (SSSR count). The number of hydrogen-bond acceptors (Lipinski definition) is 5. The highest BCUT2D eigenvalue weighted by Crippen LogP contribution is 2.27. The Balaban J connectivity index is 1.97. The van der Waals surface area contributed by atoms with Crippen LogP contribution in [0.4, 0.5) is 11.4 Å². The van der Waals surface area contributed by atoms with Gasteiger partial charge in [-0.3, -0.25) is 0 Å². The second-order valence-electron chi connectivity index (χ2n) is 4.82. The van der Waals surface area contributed by atoms with E-state index < -0.39 is 0 Å². The van der Waals surface area contributed by atoms with Crippen molar-refractivity contribution in [3.63, 3.8) is 0 Å². The third-order valence-electron chi connectivity index (χ3n) is 3.65. The quantitative estimate of drug-likeness (QED) is 0.797. The summed E-state index contributed by atoms with van der Waals surface area (Å²) in [6, 6.07) is 10.3. The van der Waals surface area contributed by atoms with Crippen molar-refractivity contribution in [2.75, 3.05) is 0 Å². The van der Waals surface area contributed by atoms with Crippen molar-refractivity contribution in [1.82, 2.24) is 0 Å². The Bertz CT molecular complexity index is 879. The van der Waals surface area contributed by atoms with Gasteiger partial charge in [0.05, 0.1) is 5.36 Å². The number of fused-ring (bicyclic) bond motifs is 3. The molecular formula is C15H11N5. The highest BCUT2D eigenvalue weighted by atomic mass is 15.4. The fourth-order valence-electron chi connectivity index (χ4n) is 2.62. The molecule has 2 heterocycles. The molecule has 96 valence electrons. The highest BCUT2D eigenvalue weighted by Gasteiger charge is 2.20. The number of benzene rings is 2. The van der Waals surface area contributed by atoms with Crippen LogP contribution < -0.4 is 10.7 Å². The van der Waals surface area contributed by atoms with Gasteiger partial charge in [0.15, 0.2) is 0 Å². The van der Waals surface area contributed by atoms with Crippen LogP contribution in [0.1, 0.15) is 16.7 Å². The van der Waals surface area contributed by atoms with Crippen molar-refractivity contribution in [2.24, 2.45) is 25.4 Å². The molecule has 5 nitrogen and oxygen atoms in total. The van der Waals surface area contributed by atoms with Gasteiger partial charge in [0, 0.05) is 6.42 Å². The molecule has 0 saturated heterocycles. The molecule has 0 amide bonds. The fourth-order valence-corrected chi connectivity index (χ4v) is 2.62. The number of rotatable bonds is 2. The van der Waals surface area contributed by atoms with Gasteiger partial charge in [-0.2, -0.15) is 0 Å². The zero-order valence-corrected chi connectivity index (χ0v) is 10.9. The molecule has 2 aromatic carbocycles. The zero-order chi connectivity index (χ0) is 13.5. The van der Waals surface area contributed by atoms with Crippen LogP contribution in [0.15, 0.2) is 55.8 Å². The Hall–Kier alpha value is -2.69. The summed E-state index contributed by atoms with van der Waals surface area (Å²) in [6.07, 6.45) is 2.37. The van der Waals surface area contributed by atoms with Crippen molar-refractivity contribution in [3.8, 4) is 0 Å². The first-order valence-electron chi connectivity index (χ1n) is 6.43. The number of hydrogen-bond donors (Lipinski definition) is 0. The monoisotopic (exact) mass is 261 g/mol. The van der Waals surface area contributed by atoms with E-state index in [-0.39, 0.29) is 0 Å². The second-order valence-corrected chi connectivity index (χ2v) is 4.82. The first-order valence-corrected chi connectivity index (χ1v) is 6.43. The molecule has 0 radical (unpaired) electrons. The molecule has 0 fully saturated rings. The van der Waals surface area contributed by atoms with Gasteiger partial charge in [-0.05, 0) is 28.8 Å². The smallest absolute Gasteiger partial charge is 0.143 e. The molecule has 0 saturated carbocycles. The van der Waals surface area contributed by atoms with Gasteiger partial charge in [-0.15, -0.1) is 10.2 Å². The Labute approximate surface area is 115 Å². The topological polar surface area (TPSA) is 61.8 Å². The third-order valence-corrected chi connectivity index (χ3v) is 3.65. The molecule has 0 N–H and O–H groups in total. The molecule has 0 atom stereocenters. The van der Waals surface area contributed by atoms with Crippen LogP contribution in [0.3, 0.4) is 0 Å². The lowest BCUT2D eigenvalue weighted by atomic mass is 9.97. The Kier molecular flexibility index (Phi) is 2.32. The predicted octanol–water partition coefficient (Wildman–Crippen LogP) is 2.51. The molecule has 20 heavy (non-hydrogen) atoms. The number of aliphatic imine (C=N–C) groups is 1. The van der Waals surface area contributed by atoms with Crippen LogP contribution in [0, 0.1) is 6.92 Å². The van der Waals surface area contributed by atoms with Crippen LogP contribution in [-0.4, -0.2) is 6.34 Å². The zero-order valence-electron chi connectivity index (χ0n) is 10.9. The van der Waals surface area contributed by atoms with E-state index in [0.29, 0.717) is 0 Å². The van der Waals surface area contributed by atoms with Gasteiger partial charge >= 0.3 is 0 Å². The Morgan fingerprint density at radius 2 is 1.85 bits per heavy atom. The van der Waals surface area contributed by atoms with E-state index in [9.17, 15) is 0 Å². The maximum Gasteiger partial charge on any atom is 0.143 e. The molecule has 0 bridgehead atoms. The summed E-state index contributed by atoms with van der Waals surface area (Å²) >= 11 is 0. The molecule has 5 heteroatoms. The Morgan fingerprint density at radius 1 is 1.00 bits per heavy atom. The summed E-state index contributed by atoms with van der Waals surface area (Å²) in [7, 11) is 0. The summed E-state index contributed by atoms with van der Waals surface area (Å²) in [5.74, 6) is 0. The fraction of sp³-hybridized carbons (Fsp3) is 0.133. The lowest BCUT2D eigenvalue weighted by Crippen LogP contribution is -2.20. The largest absolute Gasteiger partial charge is 0.234 e. The van der Waals surface area contributed by atoms with E-state index in [4.69, 9.17) is 0 Å². The van der Waals surface area contributed by atoms with E-state index in [1.165, 1.54) is 5.56 Å². The van der Waals surface area contributed by atoms with E-state index >= 15 is 0 Å². The summed E-state index contributed by atoms with van der Waals surface area (Å²) in [5.41, 5.74) is 5.01. The van der Waals surface area contributed by atoms with Gasteiger partial charge in [0.1, 0.15) is 23.1 Å². The normalized spacial score (nSPS) is 13.8. The minimum Gasteiger partial charge on any atom is -0.234 e. The van der Waals surface area contributed by atoms with Gasteiger partial charge in [-0.25, -0.2) is 9.98 Å². The van der Waals surface area contributed by atoms with Crippen LogP contribution in [0.5, 0.6) is 0 Å². The molecule has 0 aromatic heterocycles. The van der Waals surface area contributed by atoms with Crippen LogP contribution in [0.25, 0.3) is 0 Å². The standard InChI is InChI=1S/C15H11N5/c1-9-11(7-10-5-3-2-4-6-10)13-15(19-20-18-13)14-12(9)16-8-17-14/h2-6,8H,7H2,1H3. The molecule has 0 aliphatic carbocycles. The third kappa shape index (κ3) is 1.53. The average molecular weight is 261 g/mol. The van der Waals surface area contributed by atoms with Crippen LogP contribution in [0.2, 0.25) is 0 Å². The molecule has 2 aliphatic rings. The van der Waals surface area contributed by atoms with Gasteiger partial charge in [-0.1, -0.05) is 30.3 Å². The van der Waals surface area contributed by atoms with Gasteiger partial charge < -0.3 is 0 Å². The van der Waals surface area contributed by atoms with Crippen molar-refractivity contribution in [3.05, 3.63) is 57.7 Å². The summed E-state index contributed by atoms with van der Waals surface area (Å²) < 4.78 is 0. The lowest BCUT2D eigenvalue weighted by Gasteiger charge is -2.08. The van der Waals surface area contributed by atoms with E-state index in [0.717, 1.165) is 39.6 Å². The molecule has 2 aromatic rings. The van der Waals surface area contributed by atoms with Crippen LogP contribution in [-0.2, 0) is 6.42 Å². The number of nitrogens with zero attached hydrogens (tertiary/aromatic N) is 5. The lowest BCUT2D eigenvalue weighted by molar-refractivity contribution is 1.05.